The average molecular weight is 449 g/mol. The van der Waals surface area contributed by atoms with Gasteiger partial charge >= 0.3 is 0 Å². The molecule has 7 nitrogen and oxygen atoms in total. The fourth-order valence-electron chi connectivity index (χ4n) is 4.42. The van der Waals surface area contributed by atoms with Crippen LogP contribution in [-0.4, -0.2) is 41.3 Å². The highest BCUT2D eigenvalue weighted by Gasteiger charge is 2.48. The minimum absolute atomic E-state index is 0.340. The van der Waals surface area contributed by atoms with Crippen molar-refractivity contribution in [1.82, 2.24) is 10.3 Å². The van der Waals surface area contributed by atoms with E-state index in [2.05, 4.69) is 22.2 Å². The molecule has 2 heterocycles. The fraction of sp³-hybridized carbons (Fsp3) is 0.462. The number of carbonyl (C=O) groups excluding carboxylic acids is 2. The summed E-state index contributed by atoms with van der Waals surface area (Å²) in [7, 11) is 1.68. The van der Waals surface area contributed by atoms with Crippen molar-refractivity contribution in [1.29, 1.82) is 0 Å². The van der Waals surface area contributed by atoms with Crippen molar-refractivity contribution in [3.05, 3.63) is 59.9 Å². The second kappa shape index (κ2) is 9.83. The number of fused-ring (bicyclic) bond motifs is 1. The van der Waals surface area contributed by atoms with E-state index in [-0.39, 0.29) is 5.91 Å². The van der Waals surface area contributed by atoms with Gasteiger partial charge in [-0.2, -0.15) is 0 Å². The zero-order valence-corrected chi connectivity index (χ0v) is 19.3. The maximum Gasteiger partial charge on any atom is 0.281 e. The second-order valence-corrected chi connectivity index (χ2v) is 9.09. The quantitative estimate of drug-likeness (QED) is 0.615. The molecule has 0 bridgehead atoms. The average Bonchev–Trinajstić information content (AvgIpc) is 3.68. The number of pyridine rings is 1. The van der Waals surface area contributed by atoms with Crippen molar-refractivity contribution >= 4 is 23.7 Å². The van der Waals surface area contributed by atoms with Crippen molar-refractivity contribution in [2.24, 2.45) is 16.8 Å². The van der Waals surface area contributed by atoms with Crippen molar-refractivity contribution in [3.8, 4) is 0 Å². The number of benzene rings is 1. The SMILES string of the molecule is CCCC[C@H](O)[C@@H](CC1CC1)C(=O)NC1(c2ccccn2)N=Cc2ccccc2N(C)C1=O. The summed E-state index contributed by atoms with van der Waals surface area (Å²) in [6.07, 6.45) is 7.55. The van der Waals surface area contributed by atoms with Crippen LogP contribution in [-0.2, 0) is 15.3 Å². The topological polar surface area (TPSA) is 94.9 Å². The Morgan fingerprint density at radius 2 is 2.00 bits per heavy atom. The monoisotopic (exact) mass is 448 g/mol. The van der Waals surface area contributed by atoms with Crippen molar-refractivity contribution in [2.75, 3.05) is 11.9 Å². The molecule has 1 fully saturated rings. The minimum Gasteiger partial charge on any atom is -0.392 e. The number of carbonyl (C=O) groups is 2. The maximum absolute atomic E-state index is 13.9. The maximum atomic E-state index is 13.9. The Kier molecular flexibility index (Phi) is 6.88. The number of anilines is 1. The number of unbranched alkanes of at least 4 members (excludes halogenated alkanes) is 1. The van der Waals surface area contributed by atoms with Crippen LogP contribution in [0.15, 0.2) is 53.7 Å². The molecule has 2 N–H and O–H groups in total. The highest BCUT2D eigenvalue weighted by atomic mass is 16.3. The van der Waals surface area contributed by atoms with Gasteiger partial charge in [-0.3, -0.25) is 14.6 Å². The summed E-state index contributed by atoms with van der Waals surface area (Å²) in [5, 5.41) is 13.8. The number of aliphatic imine (C=N–C) groups is 1. The Balaban J connectivity index is 1.72. The number of para-hydroxylation sites is 1. The molecule has 7 heteroatoms. The van der Waals surface area contributed by atoms with E-state index in [1.807, 2.05) is 24.3 Å². The van der Waals surface area contributed by atoms with Crippen molar-refractivity contribution < 1.29 is 14.7 Å². The normalized spacial score (nSPS) is 21.8. The highest BCUT2D eigenvalue weighted by Crippen LogP contribution is 2.38. The number of nitrogens with one attached hydrogen (secondary N) is 1. The van der Waals surface area contributed by atoms with E-state index >= 15 is 0 Å². The lowest BCUT2D eigenvalue weighted by Crippen LogP contribution is -2.57. The molecule has 3 atom stereocenters. The Hall–Kier alpha value is -3.06. The Morgan fingerprint density at radius 1 is 1.24 bits per heavy atom. The molecule has 2 amide bonds. The van der Waals surface area contributed by atoms with Gasteiger partial charge in [-0.1, -0.05) is 56.9 Å². The predicted molar refractivity (Wildman–Crippen MR) is 128 cm³/mol. The van der Waals surface area contributed by atoms with Gasteiger partial charge in [0.25, 0.3) is 11.6 Å². The molecule has 1 aromatic heterocycles. The lowest BCUT2D eigenvalue weighted by atomic mass is 9.90. The number of rotatable bonds is 9. The largest absolute Gasteiger partial charge is 0.392 e. The summed E-state index contributed by atoms with van der Waals surface area (Å²) < 4.78 is 0. The van der Waals surface area contributed by atoms with Crippen LogP contribution in [0.4, 0.5) is 5.69 Å². The van der Waals surface area contributed by atoms with Gasteiger partial charge in [0.05, 0.1) is 23.4 Å². The molecule has 1 unspecified atom stereocenters. The van der Waals surface area contributed by atoms with E-state index in [0.29, 0.717) is 30.1 Å². The van der Waals surface area contributed by atoms with E-state index in [0.717, 1.165) is 31.2 Å². The van der Waals surface area contributed by atoms with E-state index in [1.165, 1.54) is 4.90 Å². The van der Waals surface area contributed by atoms with Gasteiger partial charge in [-0.25, -0.2) is 4.99 Å². The van der Waals surface area contributed by atoms with Gasteiger partial charge < -0.3 is 15.3 Å². The fourth-order valence-corrected chi connectivity index (χ4v) is 4.42. The molecule has 0 radical (unpaired) electrons. The van der Waals surface area contributed by atoms with Crippen LogP contribution in [0.25, 0.3) is 0 Å². The first-order chi connectivity index (χ1) is 16.0. The minimum atomic E-state index is -1.71. The molecule has 1 saturated carbocycles. The third kappa shape index (κ3) is 4.83. The van der Waals surface area contributed by atoms with Crippen LogP contribution in [0.2, 0.25) is 0 Å². The molecule has 174 valence electrons. The van der Waals surface area contributed by atoms with Gasteiger partial charge in [0, 0.05) is 25.0 Å². The highest BCUT2D eigenvalue weighted by molar-refractivity contribution is 6.08. The molecular formula is C26H32N4O3. The molecule has 0 spiro atoms. The molecular weight excluding hydrogens is 416 g/mol. The van der Waals surface area contributed by atoms with Crippen molar-refractivity contribution in [3.63, 3.8) is 0 Å². The smallest absolute Gasteiger partial charge is 0.281 e. The van der Waals surface area contributed by atoms with Crippen LogP contribution in [0.3, 0.4) is 0 Å². The Bertz CT molecular complexity index is 1020. The summed E-state index contributed by atoms with van der Waals surface area (Å²) >= 11 is 0. The number of aliphatic hydroxyl groups excluding tert-OH is 1. The van der Waals surface area contributed by atoms with Gasteiger partial charge in [-0.05, 0) is 37.0 Å². The van der Waals surface area contributed by atoms with Crippen molar-refractivity contribution in [2.45, 2.75) is 57.2 Å². The molecule has 0 saturated heterocycles. The lowest BCUT2D eigenvalue weighted by molar-refractivity contribution is -0.137. The zero-order valence-electron chi connectivity index (χ0n) is 19.3. The van der Waals surface area contributed by atoms with E-state index in [9.17, 15) is 14.7 Å². The molecule has 4 rings (SSSR count). The molecule has 1 aliphatic heterocycles. The summed E-state index contributed by atoms with van der Waals surface area (Å²) in [5.74, 6) is -0.906. The van der Waals surface area contributed by atoms with Gasteiger partial charge in [0.2, 0.25) is 5.91 Å². The number of benzodiazepines with no additional fused rings is 1. The predicted octanol–water partition coefficient (Wildman–Crippen LogP) is 3.41. The van der Waals surface area contributed by atoms with Crippen LogP contribution >= 0.6 is 0 Å². The number of amides is 2. The molecule has 2 aliphatic rings. The van der Waals surface area contributed by atoms with Gasteiger partial charge in [0.15, 0.2) is 0 Å². The summed E-state index contributed by atoms with van der Waals surface area (Å²) in [4.78, 5) is 38.1. The van der Waals surface area contributed by atoms with E-state index < -0.39 is 23.6 Å². The Morgan fingerprint density at radius 3 is 2.70 bits per heavy atom. The molecule has 1 aliphatic carbocycles. The number of hydrogen-bond acceptors (Lipinski definition) is 5. The number of aliphatic hydroxyl groups is 1. The van der Waals surface area contributed by atoms with Crippen LogP contribution in [0.1, 0.15) is 56.7 Å². The summed E-state index contributed by atoms with van der Waals surface area (Å²) in [5.41, 5.74) is 0.111. The van der Waals surface area contributed by atoms with Gasteiger partial charge in [0.1, 0.15) is 0 Å². The van der Waals surface area contributed by atoms with Crippen LogP contribution in [0.5, 0.6) is 0 Å². The number of aromatic nitrogens is 1. The Labute approximate surface area is 194 Å². The van der Waals surface area contributed by atoms with Gasteiger partial charge in [-0.15, -0.1) is 0 Å². The number of hydrogen-bond donors (Lipinski definition) is 2. The molecule has 33 heavy (non-hydrogen) atoms. The van der Waals surface area contributed by atoms with Crippen LogP contribution in [0, 0.1) is 11.8 Å². The van der Waals surface area contributed by atoms with Crippen LogP contribution < -0.4 is 10.2 Å². The first-order valence-corrected chi connectivity index (χ1v) is 11.8. The first kappa shape index (κ1) is 23.1. The summed E-state index contributed by atoms with van der Waals surface area (Å²) in [6.45, 7) is 2.06. The standard InChI is InChI=1S/C26H32N4O3/c1-3-4-11-22(31)20(16-18-13-14-18)24(32)29-26(23-12-7-8-15-27-23)25(33)30(2)21-10-6-5-9-19(21)17-28-26/h5-10,12,15,17-18,20,22,31H,3-4,11,13-14,16H2,1-2H3,(H,29,32)/t20-,22+,26?/m1/s1. The third-order valence-corrected chi connectivity index (χ3v) is 6.59. The first-order valence-electron chi connectivity index (χ1n) is 11.8. The second-order valence-electron chi connectivity index (χ2n) is 9.09. The van der Waals surface area contributed by atoms with E-state index in [1.54, 1.807) is 37.7 Å². The number of likely N-dealkylation sites (N-methyl/N-ethyl adjacent to an activating group) is 1. The number of nitrogens with zero attached hydrogens (tertiary/aromatic N) is 3. The van der Waals surface area contributed by atoms with E-state index in [4.69, 9.17) is 0 Å². The third-order valence-electron chi connectivity index (χ3n) is 6.59. The lowest BCUT2D eigenvalue weighted by Gasteiger charge is -2.33. The summed E-state index contributed by atoms with van der Waals surface area (Å²) in [6, 6.07) is 12.7. The zero-order chi connectivity index (χ0) is 23.4. The molecule has 2 aromatic rings. The molecule has 1 aromatic carbocycles.